The molecule has 1 aromatic carbocycles. The van der Waals surface area contributed by atoms with Crippen molar-refractivity contribution in [2.75, 3.05) is 6.54 Å². The van der Waals surface area contributed by atoms with E-state index in [1.165, 1.54) is 11.1 Å². The fourth-order valence-corrected chi connectivity index (χ4v) is 3.67. The summed E-state index contributed by atoms with van der Waals surface area (Å²) in [5, 5.41) is 6.06. The summed E-state index contributed by atoms with van der Waals surface area (Å²) in [7, 11) is 0. The van der Waals surface area contributed by atoms with Crippen LogP contribution >= 0.6 is 0 Å². The zero-order valence-corrected chi connectivity index (χ0v) is 17.1. The smallest absolute Gasteiger partial charge is 0.220 e. The summed E-state index contributed by atoms with van der Waals surface area (Å²) in [5.74, 6) is 0.715. The second-order valence-corrected chi connectivity index (χ2v) is 7.91. The normalized spacial score (nSPS) is 19.4. The molecule has 0 spiro atoms. The molecule has 0 saturated carbocycles. The Morgan fingerprint density at radius 3 is 2.76 bits per heavy atom. The van der Waals surface area contributed by atoms with Gasteiger partial charge in [-0.25, -0.2) is 0 Å². The van der Waals surface area contributed by atoms with E-state index in [9.17, 15) is 9.59 Å². The van der Waals surface area contributed by atoms with Gasteiger partial charge in [-0.2, -0.15) is 0 Å². The van der Waals surface area contributed by atoms with E-state index in [0.29, 0.717) is 31.6 Å². The Morgan fingerprint density at radius 1 is 1.31 bits per heavy atom. The highest BCUT2D eigenvalue weighted by atomic mass is 16.5. The topological polar surface area (TPSA) is 80.3 Å². The van der Waals surface area contributed by atoms with Crippen molar-refractivity contribution in [2.45, 2.75) is 57.6 Å². The van der Waals surface area contributed by atoms with Crippen molar-refractivity contribution in [1.29, 1.82) is 0 Å². The highest BCUT2D eigenvalue weighted by Gasteiger charge is 2.37. The van der Waals surface area contributed by atoms with Gasteiger partial charge in [0.15, 0.2) is 0 Å². The van der Waals surface area contributed by atoms with Crippen molar-refractivity contribution in [1.82, 2.24) is 15.6 Å². The van der Waals surface area contributed by atoms with Crippen LogP contribution in [0, 0.1) is 6.92 Å². The van der Waals surface area contributed by atoms with Crippen molar-refractivity contribution < 1.29 is 14.3 Å². The molecule has 2 atom stereocenters. The molecule has 0 bridgehead atoms. The lowest BCUT2D eigenvalue weighted by atomic mass is 9.84. The maximum Gasteiger partial charge on any atom is 0.220 e. The quantitative estimate of drug-likeness (QED) is 0.684. The number of benzene rings is 1. The summed E-state index contributed by atoms with van der Waals surface area (Å²) in [5.41, 5.74) is 2.04. The number of nitrogens with one attached hydrogen (secondary N) is 2. The number of hydrogen-bond donors (Lipinski definition) is 2. The molecule has 1 aliphatic rings. The Morgan fingerprint density at radius 2 is 2.10 bits per heavy atom. The minimum atomic E-state index is -0.346. The molecule has 29 heavy (non-hydrogen) atoms. The lowest BCUT2D eigenvalue weighted by molar-refractivity contribution is -0.123. The zero-order valence-electron chi connectivity index (χ0n) is 17.1. The fraction of sp³-hybridized carbons (Fsp3) is 0.435. The number of amides is 2. The molecule has 2 N–H and O–H groups in total. The van der Waals surface area contributed by atoms with Crippen molar-refractivity contribution in [2.24, 2.45) is 0 Å². The van der Waals surface area contributed by atoms with E-state index in [1.54, 1.807) is 12.4 Å². The molecule has 1 aliphatic heterocycles. The summed E-state index contributed by atoms with van der Waals surface area (Å²) < 4.78 is 5.73. The second-order valence-electron chi connectivity index (χ2n) is 7.91. The minimum Gasteiger partial charge on any atom is -0.487 e. The number of carbonyl (C=O) groups is 2. The van der Waals surface area contributed by atoms with Crippen molar-refractivity contribution in [3.05, 3.63) is 59.9 Å². The van der Waals surface area contributed by atoms with Crippen LogP contribution in [-0.4, -0.2) is 35.0 Å². The minimum absolute atomic E-state index is 0.0314. The van der Waals surface area contributed by atoms with E-state index in [1.807, 2.05) is 19.1 Å². The third kappa shape index (κ3) is 6.31. The van der Waals surface area contributed by atoms with Crippen molar-refractivity contribution >= 4 is 11.8 Å². The zero-order chi connectivity index (χ0) is 20.7. The number of hydrogen-bond acceptors (Lipinski definition) is 4. The molecule has 3 rings (SSSR count). The van der Waals surface area contributed by atoms with Gasteiger partial charge in [-0.05, 0) is 50.8 Å². The lowest BCUT2D eigenvalue weighted by Crippen LogP contribution is -2.45. The molecule has 2 amide bonds. The number of pyridine rings is 1. The second kappa shape index (κ2) is 9.54. The number of aryl methyl sites for hydroxylation is 1. The summed E-state index contributed by atoms with van der Waals surface area (Å²) in [4.78, 5) is 28.3. The lowest BCUT2D eigenvalue weighted by Gasteiger charge is -2.29. The van der Waals surface area contributed by atoms with Gasteiger partial charge >= 0.3 is 0 Å². The Bertz CT molecular complexity index is 823. The highest BCUT2D eigenvalue weighted by molar-refractivity contribution is 5.80. The molecular formula is C23H29N3O3. The number of rotatable bonds is 9. The number of ether oxygens (including phenoxy) is 1. The molecular weight excluding hydrogens is 366 g/mol. The maximum absolute atomic E-state index is 12.4. The summed E-state index contributed by atoms with van der Waals surface area (Å²) >= 11 is 0. The molecule has 0 unspecified atom stereocenters. The third-order valence-corrected chi connectivity index (χ3v) is 5.29. The molecule has 0 radical (unpaired) electrons. The summed E-state index contributed by atoms with van der Waals surface area (Å²) in [6.07, 6.45) is 6.19. The SMILES string of the molecule is Cc1ccc(C[C@]2(CCC(=O)NC[C@@H](C)Oc3cccnc3)CCC(=O)N2)cc1. The van der Waals surface area contributed by atoms with E-state index < -0.39 is 0 Å². The van der Waals surface area contributed by atoms with E-state index in [2.05, 4.69) is 46.8 Å². The average Bonchev–Trinajstić information content (AvgIpc) is 3.08. The molecule has 1 aromatic heterocycles. The largest absolute Gasteiger partial charge is 0.487 e. The summed E-state index contributed by atoms with van der Waals surface area (Å²) in [6.45, 7) is 4.38. The van der Waals surface area contributed by atoms with Crippen LogP contribution in [0.2, 0.25) is 0 Å². The first-order valence-corrected chi connectivity index (χ1v) is 10.1. The predicted octanol–water partition coefficient (Wildman–Crippen LogP) is 2.95. The first kappa shape index (κ1) is 20.8. The number of aromatic nitrogens is 1. The van der Waals surface area contributed by atoms with Crippen LogP contribution in [-0.2, 0) is 16.0 Å². The Balaban J connectivity index is 1.49. The molecule has 0 aliphatic carbocycles. The molecule has 1 saturated heterocycles. The van der Waals surface area contributed by atoms with E-state index >= 15 is 0 Å². The number of nitrogens with zero attached hydrogens (tertiary/aromatic N) is 1. The maximum atomic E-state index is 12.4. The summed E-state index contributed by atoms with van der Waals surface area (Å²) in [6, 6.07) is 12.0. The molecule has 6 nitrogen and oxygen atoms in total. The molecule has 2 heterocycles. The molecule has 6 heteroatoms. The van der Waals surface area contributed by atoms with Crippen LogP contribution in [0.15, 0.2) is 48.8 Å². The highest BCUT2D eigenvalue weighted by Crippen LogP contribution is 2.29. The van der Waals surface area contributed by atoms with Crippen LogP contribution in [0.4, 0.5) is 0 Å². The van der Waals surface area contributed by atoms with Gasteiger partial charge in [-0.15, -0.1) is 0 Å². The van der Waals surface area contributed by atoms with Crippen molar-refractivity contribution in [3.63, 3.8) is 0 Å². The Labute approximate surface area is 172 Å². The third-order valence-electron chi connectivity index (χ3n) is 5.29. The van der Waals surface area contributed by atoms with Gasteiger partial charge < -0.3 is 15.4 Å². The van der Waals surface area contributed by atoms with Crippen LogP contribution in [0.5, 0.6) is 5.75 Å². The monoisotopic (exact) mass is 395 g/mol. The fourth-order valence-electron chi connectivity index (χ4n) is 3.67. The standard InChI is InChI=1S/C23H29N3O3/c1-17-5-7-19(8-6-17)14-23(12-10-22(28)26-23)11-9-21(27)25-15-18(2)29-20-4-3-13-24-16-20/h3-8,13,16,18H,9-12,14-15H2,1-2H3,(H,25,27)(H,26,28)/t18-,23+/m1/s1. The molecule has 1 fully saturated rings. The first-order valence-electron chi connectivity index (χ1n) is 10.1. The van der Waals surface area contributed by atoms with Gasteiger partial charge in [0.05, 0.1) is 12.7 Å². The van der Waals surface area contributed by atoms with E-state index in [0.717, 1.165) is 12.8 Å². The van der Waals surface area contributed by atoms with Gasteiger partial charge in [0.1, 0.15) is 11.9 Å². The average molecular weight is 396 g/mol. The Hall–Kier alpha value is -2.89. The van der Waals surface area contributed by atoms with Gasteiger partial charge in [-0.3, -0.25) is 14.6 Å². The van der Waals surface area contributed by atoms with Gasteiger partial charge in [0.25, 0.3) is 0 Å². The van der Waals surface area contributed by atoms with E-state index in [4.69, 9.17) is 4.74 Å². The Kier molecular flexibility index (Phi) is 6.86. The van der Waals surface area contributed by atoms with Gasteiger partial charge in [0, 0.05) is 24.6 Å². The number of carbonyl (C=O) groups excluding carboxylic acids is 2. The predicted molar refractivity (Wildman–Crippen MR) is 112 cm³/mol. The van der Waals surface area contributed by atoms with E-state index in [-0.39, 0.29) is 23.5 Å². The first-order chi connectivity index (χ1) is 13.9. The van der Waals surface area contributed by atoms with Crippen LogP contribution in [0.25, 0.3) is 0 Å². The van der Waals surface area contributed by atoms with Crippen molar-refractivity contribution in [3.8, 4) is 5.75 Å². The molecule has 2 aromatic rings. The van der Waals surface area contributed by atoms with Gasteiger partial charge in [0.2, 0.25) is 11.8 Å². The van der Waals surface area contributed by atoms with Crippen LogP contribution in [0.1, 0.15) is 43.7 Å². The van der Waals surface area contributed by atoms with Gasteiger partial charge in [-0.1, -0.05) is 29.8 Å². The van der Waals surface area contributed by atoms with Crippen LogP contribution < -0.4 is 15.4 Å². The van der Waals surface area contributed by atoms with Crippen LogP contribution in [0.3, 0.4) is 0 Å². The molecule has 154 valence electrons.